The molecule has 1 aliphatic carbocycles. The van der Waals surface area contributed by atoms with Gasteiger partial charge in [-0.25, -0.2) is 4.79 Å². The van der Waals surface area contributed by atoms with Gasteiger partial charge in [0.2, 0.25) is 5.91 Å². The summed E-state index contributed by atoms with van der Waals surface area (Å²) in [6, 6.07) is 0.253. The van der Waals surface area contributed by atoms with Crippen molar-refractivity contribution in [3.63, 3.8) is 0 Å². The molecule has 3 aliphatic rings. The maximum absolute atomic E-state index is 12.8. The average molecular weight is 578 g/mol. The number of aliphatic imine (C=N–C) groups is 1. The third-order valence-corrected chi connectivity index (χ3v) is 6.84. The average Bonchev–Trinajstić information content (AvgIpc) is 3.24. The maximum atomic E-state index is 12.8. The number of amides is 2. The maximum Gasteiger partial charge on any atom is 0.410 e. The van der Waals surface area contributed by atoms with Crippen molar-refractivity contribution in [3.8, 4) is 0 Å². The van der Waals surface area contributed by atoms with Crippen molar-refractivity contribution < 1.29 is 14.3 Å². The highest BCUT2D eigenvalue weighted by molar-refractivity contribution is 14.0. The predicted octanol–water partition coefficient (Wildman–Crippen LogP) is 3.60. The first-order valence-corrected chi connectivity index (χ1v) is 12.5. The van der Waals surface area contributed by atoms with Crippen molar-refractivity contribution in [2.75, 3.05) is 39.8 Å². The fourth-order valence-corrected chi connectivity index (χ4v) is 4.96. The minimum absolute atomic E-state index is 0. The topological polar surface area (TPSA) is 86.3 Å². The Hall–Kier alpha value is -1.26. The Bertz CT molecular complexity index is 668. The highest BCUT2D eigenvalue weighted by atomic mass is 127. The lowest BCUT2D eigenvalue weighted by Crippen LogP contribution is -2.48. The molecule has 0 aromatic heterocycles. The van der Waals surface area contributed by atoms with Crippen molar-refractivity contribution in [1.82, 2.24) is 20.4 Å². The predicted molar refractivity (Wildman–Crippen MR) is 142 cm³/mol. The Morgan fingerprint density at radius 3 is 2.21 bits per heavy atom. The standard InChI is InChI=1S/C24H43N5O3.HI/c1-24(2,3)32-23(31)28-13-10-18(11-14-28)16-26-22(25-4)27-20-12-15-29(17-20)21(30)19-8-6-5-7-9-19;/h18-20H,5-17H2,1-4H3,(H2,25,26,27);1H. The summed E-state index contributed by atoms with van der Waals surface area (Å²) >= 11 is 0. The molecule has 0 radical (unpaired) electrons. The monoisotopic (exact) mass is 577 g/mol. The lowest BCUT2D eigenvalue weighted by Gasteiger charge is -2.33. The molecular formula is C24H44IN5O3. The number of likely N-dealkylation sites (tertiary alicyclic amines) is 2. The number of ether oxygens (including phenoxy) is 1. The lowest BCUT2D eigenvalue weighted by molar-refractivity contribution is -0.135. The summed E-state index contributed by atoms with van der Waals surface area (Å²) < 4.78 is 5.48. The van der Waals surface area contributed by atoms with E-state index in [0.717, 1.165) is 70.8 Å². The van der Waals surface area contributed by atoms with E-state index in [1.165, 1.54) is 19.3 Å². The van der Waals surface area contributed by atoms with Crippen LogP contribution in [-0.4, -0.2) is 79.2 Å². The first-order valence-electron chi connectivity index (χ1n) is 12.5. The van der Waals surface area contributed by atoms with Crippen LogP contribution < -0.4 is 10.6 Å². The van der Waals surface area contributed by atoms with Gasteiger partial charge in [0.15, 0.2) is 5.96 Å². The third-order valence-electron chi connectivity index (χ3n) is 6.84. The number of hydrogen-bond donors (Lipinski definition) is 2. The van der Waals surface area contributed by atoms with Gasteiger partial charge < -0.3 is 25.2 Å². The van der Waals surface area contributed by atoms with E-state index in [4.69, 9.17) is 4.74 Å². The fraction of sp³-hybridized carbons (Fsp3) is 0.875. The van der Waals surface area contributed by atoms with Gasteiger partial charge in [-0.15, -0.1) is 24.0 Å². The van der Waals surface area contributed by atoms with Gasteiger partial charge in [0.1, 0.15) is 5.60 Å². The van der Waals surface area contributed by atoms with E-state index < -0.39 is 5.60 Å². The Morgan fingerprint density at radius 2 is 1.61 bits per heavy atom. The van der Waals surface area contributed by atoms with Crippen LogP contribution in [0, 0.1) is 11.8 Å². The molecule has 190 valence electrons. The molecular weight excluding hydrogens is 533 g/mol. The van der Waals surface area contributed by atoms with E-state index in [9.17, 15) is 9.59 Å². The number of hydrogen-bond acceptors (Lipinski definition) is 4. The molecule has 8 nitrogen and oxygen atoms in total. The zero-order chi connectivity index (χ0) is 23.1. The SMILES string of the molecule is CN=C(NCC1CCN(C(=O)OC(C)(C)C)CC1)NC1CCN(C(=O)C2CCCCC2)C1.I. The van der Waals surface area contributed by atoms with Crippen molar-refractivity contribution in [2.24, 2.45) is 16.8 Å². The number of piperidine rings is 1. The fourth-order valence-electron chi connectivity index (χ4n) is 4.96. The van der Waals surface area contributed by atoms with Gasteiger partial charge in [-0.3, -0.25) is 9.79 Å². The van der Waals surface area contributed by atoms with E-state index in [0.29, 0.717) is 11.8 Å². The van der Waals surface area contributed by atoms with Crippen LogP contribution in [0.5, 0.6) is 0 Å². The van der Waals surface area contributed by atoms with E-state index in [2.05, 4.69) is 15.6 Å². The first kappa shape index (κ1) is 28.0. The summed E-state index contributed by atoms with van der Waals surface area (Å²) in [4.78, 5) is 33.3. The Balaban J connectivity index is 0.00000385. The van der Waals surface area contributed by atoms with Crippen LogP contribution in [0.25, 0.3) is 0 Å². The number of rotatable bonds is 4. The van der Waals surface area contributed by atoms with E-state index in [-0.39, 0.29) is 42.0 Å². The Kier molecular flexibility index (Phi) is 11.0. The summed E-state index contributed by atoms with van der Waals surface area (Å²) in [5, 5.41) is 6.96. The lowest BCUT2D eigenvalue weighted by atomic mass is 9.88. The molecule has 2 saturated heterocycles. The van der Waals surface area contributed by atoms with E-state index >= 15 is 0 Å². The van der Waals surface area contributed by atoms with Gasteiger partial charge in [-0.2, -0.15) is 0 Å². The Labute approximate surface area is 216 Å². The summed E-state index contributed by atoms with van der Waals surface area (Å²) in [7, 11) is 1.79. The second-order valence-electron chi connectivity index (χ2n) is 10.6. The number of halogens is 1. The number of nitrogens with zero attached hydrogens (tertiary/aromatic N) is 3. The molecule has 1 saturated carbocycles. The minimum Gasteiger partial charge on any atom is -0.444 e. The van der Waals surface area contributed by atoms with Crippen LogP contribution in [-0.2, 0) is 9.53 Å². The summed E-state index contributed by atoms with van der Waals surface area (Å²) in [5.74, 6) is 1.90. The van der Waals surface area contributed by atoms with Crippen molar-refractivity contribution in [2.45, 2.75) is 83.8 Å². The summed E-state index contributed by atoms with van der Waals surface area (Å²) in [5.41, 5.74) is -0.454. The largest absolute Gasteiger partial charge is 0.444 e. The van der Waals surface area contributed by atoms with Gasteiger partial charge in [0.05, 0.1) is 0 Å². The number of nitrogens with one attached hydrogen (secondary N) is 2. The molecule has 2 amide bonds. The Morgan fingerprint density at radius 1 is 0.970 bits per heavy atom. The number of carbonyl (C=O) groups excluding carboxylic acids is 2. The van der Waals surface area contributed by atoms with Gasteiger partial charge in [-0.1, -0.05) is 19.3 Å². The van der Waals surface area contributed by atoms with E-state index in [1.54, 1.807) is 7.05 Å². The smallest absolute Gasteiger partial charge is 0.410 e. The third kappa shape index (κ3) is 8.79. The second kappa shape index (κ2) is 13.0. The zero-order valence-corrected chi connectivity index (χ0v) is 23.2. The molecule has 1 atom stereocenters. The first-order chi connectivity index (χ1) is 15.2. The van der Waals surface area contributed by atoms with Gasteiger partial charge in [0.25, 0.3) is 0 Å². The minimum atomic E-state index is -0.454. The van der Waals surface area contributed by atoms with Crippen molar-refractivity contribution in [1.29, 1.82) is 0 Å². The van der Waals surface area contributed by atoms with Crippen LogP contribution in [0.15, 0.2) is 4.99 Å². The molecule has 2 heterocycles. The second-order valence-corrected chi connectivity index (χ2v) is 10.6. The molecule has 0 aromatic carbocycles. The molecule has 0 aromatic rings. The molecule has 3 fully saturated rings. The summed E-state index contributed by atoms with van der Waals surface area (Å²) in [6.45, 7) is 9.60. The van der Waals surface area contributed by atoms with Crippen LogP contribution in [0.4, 0.5) is 4.79 Å². The van der Waals surface area contributed by atoms with Gasteiger partial charge in [0, 0.05) is 51.7 Å². The molecule has 33 heavy (non-hydrogen) atoms. The molecule has 0 spiro atoms. The normalized spacial score (nSPS) is 23.2. The van der Waals surface area contributed by atoms with Crippen LogP contribution >= 0.6 is 24.0 Å². The van der Waals surface area contributed by atoms with Crippen molar-refractivity contribution in [3.05, 3.63) is 0 Å². The van der Waals surface area contributed by atoms with Crippen LogP contribution in [0.2, 0.25) is 0 Å². The zero-order valence-electron chi connectivity index (χ0n) is 20.9. The van der Waals surface area contributed by atoms with Crippen molar-refractivity contribution >= 4 is 41.9 Å². The van der Waals surface area contributed by atoms with Crippen LogP contribution in [0.1, 0.15) is 72.1 Å². The van der Waals surface area contributed by atoms with Gasteiger partial charge >= 0.3 is 6.09 Å². The molecule has 2 N–H and O–H groups in total. The number of guanidine groups is 1. The summed E-state index contributed by atoms with van der Waals surface area (Å²) in [6.07, 6.45) is 8.44. The highest BCUT2D eigenvalue weighted by Crippen LogP contribution is 2.27. The number of carbonyl (C=O) groups is 2. The van der Waals surface area contributed by atoms with Crippen LogP contribution in [0.3, 0.4) is 0 Å². The molecule has 9 heteroatoms. The van der Waals surface area contributed by atoms with E-state index in [1.807, 2.05) is 30.6 Å². The molecule has 0 bridgehead atoms. The molecule has 2 aliphatic heterocycles. The van der Waals surface area contributed by atoms with Gasteiger partial charge in [-0.05, 0) is 58.8 Å². The molecule has 3 rings (SSSR count). The molecule has 1 unspecified atom stereocenters. The quantitative estimate of drug-likeness (QED) is 0.303. The highest BCUT2D eigenvalue weighted by Gasteiger charge is 2.32.